The van der Waals surface area contributed by atoms with Gasteiger partial charge >= 0.3 is 0 Å². The summed E-state index contributed by atoms with van der Waals surface area (Å²) in [5, 5.41) is 13.7. The summed E-state index contributed by atoms with van der Waals surface area (Å²) in [6.45, 7) is 4.26. The molecule has 0 saturated heterocycles. The zero-order valence-corrected chi connectivity index (χ0v) is 41.4. The molecule has 2 N–H and O–H groups in total. The number of rotatable bonds is 44. The highest BCUT2D eigenvalue weighted by Crippen LogP contribution is 2.38. The number of aliphatic hydroxyl groups excluding tert-OH is 1. The van der Waals surface area contributed by atoms with E-state index in [9.17, 15) is 19.4 Å². The number of phosphoric ester groups is 1. The normalized spacial score (nSPS) is 14.9. The minimum atomic E-state index is -4.60. The molecule has 9 heteroatoms. The molecule has 358 valence electrons. The van der Waals surface area contributed by atoms with E-state index in [0.29, 0.717) is 17.4 Å². The van der Waals surface area contributed by atoms with Gasteiger partial charge in [-0.3, -0.25) is 9.36 Å². The van der Waals surface area contributed by atoms with E-state index in [0.717, 1.165) is 70.6 Å². The fourth-order valence-corrected chi connectivity index (χ4v) is 7.49. The number of nitrogens with one attached hydrogen (secondary N) is 1. The van der Waals surface area contributed by atoms with Crippen LogP contribution in [0.5, 0.6) is 0 Å². The van der Waals surface area contributed by atoms with Crippen LogP contribution in [0.4, 0.5) is 0 Å². The first-order chi connectivity index (χ1) is 30.0. The first-order valence-corrected chi connectivity index (χ1v) is 26.4. The first kappa shape index (κ1) is 59.7. The second-order valence-electron chi connectivity index (χ2n) is 17.8. The van der Waals surface area contributed by atoms with Gasteiger partial charge in [0.25, 0.3) is 7.82 Å². The third-order valence-electron chi connectivity index (χ3n) is 10.7. The zero-order valence-electron chi connectivity index (χ0n) is 40.5. The first-order valence-electron chi connectivity index (χ1n) is 24.9. The Bertz CT molecular complexity index is 1280. The van der Waals surface area contributed by atoms with Crippen LogP contribution in [0.25, 0.3) is 0 Å². The molecule has 0 aliphatic heterocycles. The highest BCUT2D eigenvalue weighted by molar-refractivity contribution is 7.45. The maximum atomic E-state index is 12.8. The number of quaternary nitrogens is 1. The summed E-state index contributed by atoms with van der Waals surface area (Å²) >= 11 is 0. The highest BCUT2D eigenvalue weighted by Gasteiger charge is 2.23. The smallest absolute Gasteiger partial charge is 0.268 e. The average molecular weight is 887 g/mol. The van der Waals surface area contributed by atoms with Crippen molar-refractivity contribution in [1.29, 1.82) is 0 Å². The average Bonchev–Trinajstić information content (AvgIpc) is 3.23. The number of carbonyl (C=O) groups is 1. The van der Waals surface area contributed by atoms with Crippen LogP contribution in [0, 0.1) is 0 Å². The van der Waals surface area contributed by atoms with Crippen molar-refractivity contribution >= 4 is 13.7 Å². The maximum Gasteiger partial charge on any atom is 0.268 e. The molecule has 0 heterocycles. The third kappa shape index (κ3) is 45.7. The van der Waals surface area contributed by atoms with Crippen LogP contribution in [0.1, 0.15) is 194 Å². The number of nitrogens with zero attached hydrogens (tertiary/aromatic N) is 1. The molecule has 0 spiro atoms. The standard InChI is InChI=1S/C53H95N2O6P/c1-6-8-10-12-14-16-17-18-19-20-21-22-23-24-25-26-27-28-29-30-31-32-33-34-35-36-37-39-41-43-45-47-53(57)54-51(50-61-62(58,59)60-49-48-55(3,4)5)52(56)46-44-42-40-38-15-13-11-9-7-2/h7-10,14-16,18-19,21-22,38,44,46,51-52,56H,6,11-13,17,20,23-37,39-43,45,47-50H2,1-5H3,(H-,54,57,58,59)/b9-7+,10-8-,16-14-,19-18-,22-21-,38-15+,46-44+. The lowest BCUT2D eigenvalue weighted by Gasteiger charge is -2.29. The monoisotopic (exact) mass is 887 g/mol. The maximum absolute atomic E-state index is 12.8. The Morgan fingerprint density at radius 3 is 1.50 bits per heavy atom. The van der Waals surface area contributed by atoms with Crippen LogP contribution in [-0.4, -0.2) is 68.5 Å². The molecular weight excluding hydrogens is 792 g/mol. The van der Waals surface area contributed by atoms with Crippen LogP contribution >= 0.6 is 7.82 Å². The SMILES string of the molecule is C/C=C/CC/C=C/CC/C=C/C(O)C(COP(=O)([O-])OCC[N+](C)(C)C)NC(=O)CCCCCCCCCCCCCCCCCCCC/C=C\C/C=C\C/C=C\C/C=C\CC. The predicted molar refractivity (Wildman–Crippen MR) is 265 cm³/mol. The van der Waals surface area contributed by atoms with E-state index in [1.165, 1.54) is 103 Å². The summed E-state index contributed by atoms with van der Waals surface area (Å²) in [7, 11) is 1.22. The van der Waals surface area contributed by atoms with Crippen LogP contribution in [0.2, 0.25) is 0 Å². The van der Waals surface area contributed by atoms with Crippen molar-refractivity contribution in [3.8, 4) is 0 Å². The third-order valence-corrected chi connectivity index (χ3v) is 11.6. The Kier molecular flexibility index (Phi) is 42.3. The molecule has 0 aliphatic carbocycles. The van der Waals surface area contributed by atoms with Gasteiger partial charge in [-0.15, -0.1) is 0 Å². The van der Waals surface area contributed by atoms with Crippen LogP contribution in [0.3, 0.4) is 0 Å². The van der Waals surface area contributed by atoms with E-state index in [4.69, 9.17) is 9.05 Å². The number of likely N-dealkylation sites (N-methyl/N-ethyl adjacent to an activating group) is 1. The molecule has 0 rings (SSSR count). The van der Waals surface area contributed by atoms with Crippen LogP contribution < -0.4 is 10.2 Å². The number of amides is 1. The Balaban J connectivity index is 4.02. The lowest BCUT2D eigenvalue weighted by molar-refractivity contribution is -0.870. The predicted octanol–water partition coefficient (Wildman–Crippen LogP) is 13.9. The molecule has 0 bridgehead atoms. The second-order valence-corrected chi connectivity index (χ2v) is 19.2. The Hall–Kier alpha value is -2.32. The number of hydrogen-bond donors (Lipinski definition) is 2. The number of carbonyl (C=O) groups excluding carboxylic acids is 1. The molecule has 3 atom stereocenters. The lowest BCUT2D eigenvalue weighted by atomic mass is 10.0. The van der Waals surface area contributed by atoms with E-state index in [2.05, 4.69) is 79.1 Å². The summed E-state index contributed by atoms with van der Waals surface area (Å²) in [5.41, 5.74) is 0. The molecule has 1 amide bonds. The molecule has 0 aromatic carbocycles. The van der Waals surface area contributed by atoms with Gasteiger partial charge in [-0.25, -0.2) is 0 Å². The van der Waals surface area contributed by atoms with Crippen LogP contribution in [0.15, 0.2) is 85.1 Å². The van der Waals surface area contributed by atoms with E-state index < -0.39 is 26.6 Å². The van der Waals surface area contributed by atoms with E-state index in [1.807, 2.05) is 40.2 Å². The van der Waals surface area contributed by atoms with Gasteiger partial charge < -0.3 is 28.8 Å². The van der Waals surface area contributed by atoms with Crippen molar-refractivity contribution in [1.82, 2.24) is 5.32 Å². The second kappa shape index (κ2) is 43.9. The number of hydrogen-bond acceptors (Lipinski definition) is 6. The van der Waals surface area contributed by atoms with Crippen molar-refractivity contribution in [2.45, 2.75) is 206 Å². The van der Waals surface area contributed by atoms with Crippen molar-refractivity contribution in [3.63, 3.8) is 0 Å². The fourth-order valence-electron chi connectivity index (χ4n) is 6.77. The lowest BCUT2D eigenvalue weighted by Crippen LogP contribution is -2.45. The van der Waals surface area contributed by atoms with E-state index in [1.54, 1.807) is 6.08 Å². The van der Waals surface area contributed by atoms with Gasteiger partial charge in [0.15, 0.2) is 0 Å². The molecule has 3 unspecified atom stereocenters. The van der Waals surface area contributed by atoms with Crippen LogP contribution in [-0.2, 0) is 18.4 Å². The highest BCUT2D eigenvalue weighted by atomic mass is 31.2. The van der Waals surface area contributed by atoms with Gasteiger partial charge in [0.2, 0.25) is 5.91 Å². The molecule has 0 aliphatic rings. The molecule has 62 heavy (non-hydrogen) atoms. The van der Waals surface area contributed by atoms with Gasteiger partial charge in [-0.1, -0.05) is 195 Å². The molecular formula is C53H95N2O6P. The summed E-state index contributed by atoms with van der Waals surface area (Å²) < 4.78 is 23.1. The summed E-state index contributed by atoms with van der Waals surface area (Å²) in [6.07, 6.45) is 61.2. The van der Waals surface area contributed by atoms with Gasteiger partial charge in [-0.2, -0.15) is 0 Å². The minimum Gasteiger partial charge on any atom is -0.756 e. The van der Waals surface area contributed by atoms with Gasteiger partial charge in [0, 0.05) is 6.42 Å². The Morgan fingerprint density at radius 2 is 1.02 bits per heavy atom. The molecule has 0 aromatic rings. The fraction of sp³-hybridized carbons (Fsp3) is 0.717. The van der Waals surface area contributed by atoms with Crippen molar-refractivity contribution in [3.05, 3.63) is 85.1 Å². The zero-order chi connectivity index (χ0) is 45.7. The molecule has 0 aromatic heterocycles. The largest absolute Gasteiger partial charge is 0.756 e. The number of phosphoric acid groups is 1. The van der Waals surface area contributed by atoms with Gasteiger partial charge in [0.05, 0.1) is 39.9 Å². The summed E-state index contributed by atoms with van der Waals surface area (Å²) in [5.74, 6) is -0.217. The molecule has 0 radical (unpaired) electrons. The van der Waals surface area contributed by atoms with E-state index >= 15 is 0 Å². The molecule has 8 nitrogen and oxygen atoms in total. The number of aliphatic hydroxyl groups is 1. The Morgan fingerprint density at radius 1 is 0.597 bits per heavy atom. The van der Waals surface area contributed by atoms with Gasteiger partial charge in [-0.05, 0) is 77.6 Å². The number of unbranched alkanes of at least 4 members (excludes halogenated alkanes) is 20. The minimum absolute atomic E-state index is 0.0118. The summed E-state index contributed by atoms with van der Waals surface area (Å²) in [6, 6.07) is -0.910. The topological polar surface area (TPSA) is 108 Å². The Labute approximate surface area is 382 Å². The molecule has 0 saturated carbocycles. The van der Waals surface area contributed by atoms with Crippen molar-refractivity contribution in [2.24, 2.45) is 0 Å². The number of allylic oxidation sites excluding steroid dienone is 13. The van der Waals surface area contributed by atoms with E-state index in [-0.39, 0.29) is 12.5 Å². The van der Waals surface area contributed by atoms with Crippen molar-refractivity contribution < 1.29 is 32.9 Å². The molecule has 0 fully saturated rings. The quantitative estimate of drug-likeness (QED) is 0.0273. The van der Waals surface area contributed by atoms with Crippen molar-refractivity contribution in [2.75, 3.05) is 40.9 Å². The summed E-state index contributed by atoms with van der Waals surface area (Å²) in [4.78, 5) is 25.3. The van der Waals surface area contributed by atoms with Gasteiger partial charge in [0.1, 0.15) is 13.2 Å².